The molecular weight excluding hydrogens is 194 g/mol. The van der Waals surface area contributed by atoms with E-state index in [4.69, 9.17) is 0 Å². The van der Waals surface area contributed by atoms with Crippen LogP contribution in [0.15, 0.2) is 24.3 Å². The summed E-state index contributed by atoms with van der Waals surface area (Å²) in [5.41, 5.74) is 2.76. The molecule has 0 fully saturated rings. The maximum absolute atomic E-state index is 3.65. The lowest BCUT2D eigenvalue weighted by Gasteiger charge is -2.21. The van der Waals surface area contributed by atoms with Crippen LogP contribution in [-0.2, 0) is 0 Å². The second-order valence-corrected chi connectivity index (χ2v) is 4.93. The lowest BCUT2D eigenvalue weighted by Crippen LogP contribution is -2.28. The first-order chi connectivity index (χ1) is 7.63. The maximum Gasteiger partial charge on any atom is 0.0322 e. The topological polar surface area (TPSA) is 12.0 Å². The Morgan fingerprint density at radius 1 is 1.12 bits per heavy atom. The van der Waals surface area contributed by atoms with Gasteiger partial charge in [-0.25, -0.2) is 0 Å². The molecule has 0 saturated heterocycles. The standard InChI is InChI=1S/C15H25N/c1-5-6-7-15(16-12(2)3)14-10-8-13(4)9-11-14/h8-12,15-16H,5-7H2,1-4H3. The molecular formula is C15H25N. The third kappa shape index (κ3) is 4.36. The number of aryl methyl sites for hydroxylation is 1. The largest absolute Gasteiger partial charge is 0.308 e. The zero-order valence-corrected chi connectivity index (χ0v) is 11.1. The highest BCUT2D eigenvalue weighted by Crippen LogP contribution is 2.20. The van der Waals surface area contributed by atoms with Gasteiger partial charge in [0.1, 0.15) is 0 Å². The Bertz CT molecular complexity index is 287. The summed E-state index contributed by atoms with van der Waals surface area (Å²) in [6.07, 6.45) is 3.79. The first kappa shape index (κ1) is 13.2. The van der Waals surface area contributed by atoms with Gasteiger partial charge >= 0.3 is 0 Å². The molecule has 1 aromatic carbocycles. The zero-order chi connectivity index (χ0) is 12.0. The van der Waals surface area contributed by atoms with Crippen molar-refractivity contribution in [2.45, 2.75) is 59.0 Å². The smallest absolute Gasteiger partial charge is 0.0322 e. The Morgan fingerprint density at radius 2 is 1.75 bits per heavy atom. The third-order valence-electron chi connectivity index (χ3n) is 2.86. The second kappa shape index (κ2) is 6.70. The van der Waals surface area contributed by atoms with E-state index in [0.717, 1.165) is 0 Å². The lowest BCUT2D eigenvalue weighted by molar-refractivity contribution is 0.440. The quantitative estimate of drug-likeness (QED) is 0.755. The van der Waals surface area contributed by atoms with Gasteiger partial charge in [-0.05, 0) is 18.9 Å². The van der Waals surface area contributed by atoms with Crippen LogP contribution in [-0.4, -0.2) is 6.04 Å². The molecule has 0 aromatic heterocycles. The van der Waals surface area contributed by atoms with Crippen LogP contribution in [0.25, 0.3) is 0 Å². The predicted octanol–water partition coefficient (Wildman–Crippen LogP) is 4.22. The average molecular weight is 219 g/mol. The van der Waals surface area contributed by atoms with Gasteiger partial charge in [-0.2, -0.15) is 0 Å². The van der Waals surface area contributed by atoms with Crippen LogP contribution in [0.3, 0.4) is 0 Å². The van der Waals surface area contributed by atoms with Crippen molar-refractivity contribution in [3.05, 3.63) is 35.4 Å². The molecule has 0 saturated carbocycles. The monoisotopic (exact) mass is 219 g/mol. The molecule has 0 amide bonds. The number of benzene rings is 1. The summed E-state index contributed by atoms with van der Waals surface area (Å²) in [7, 11) is 0. The fourth-order valence-corrected chi connectivity index (χ4v) is 1.96. The number of hydrogen-bond donors (Lipinski definition) is 1. The van der Waals surface area contributed by atoms with Crippen LogP contribution in [0, 0.1) is 6.92 Å². The summed E-state index contributed by atoms with van der Waals surface area (Å²) < 4.78 is 0. The molecule has 1 aromatic rings. The molecule has 0 aliphatic carbocycles. The van der Waals surface area contributed by atoms with Gasteiger partial charge in [0.25, 0.3) is 0 Å². The minimum Gasteiger partial charge on any atom is -0.308 e. The molecule has 0 spiro atoms. The molecule has 1 nitrogen and oxygen atoms in total. The summed E-state index contributed by atoms with van der Waals surface area (Å²) in [6.45, 7) is 8.82. The highest BCUT2D eigenvalue weighted by molar-refractivity contribution is 5.24. The molecule has 0 aliphatic rings. The van der Waals surface area contributed by atoms with Gasteiger partial charge in [-0.1, -0.05) is 63.4 Å². The van der Waals surface area contributed by atoms with Crippen LogP contribution < -0.4 is 5.32 Å². The van der Waals surface area contributed by atoms with Crippen molar-refractivity contribution < 1.29 is 0 Å². The SMILES string of the molecule is CCCCC(NC(C)C)c1ccc(C)cc1. The van der Waals surface area contributed by atoms with E-state index in [1.54, 1.807) is 0 Å². The van der Waals surface area contributed by atoms with Crippen LogP contribution in [0.5, 0.6) is 0 Å². The number of unbranched alkanes of at least 4 members (excludes halogenated alkanes) is 1. The van der Waals surface area contributed by atoms with Gasteiger partial charge in [-0.15, -0.1) is 0 Å². The molecule has 1 rings (SSSR count). The first-order valence-corrected chi connectivity index (χ1v) is 6.46. The van der Waals surface area contributed by atoms with Gasteiger partial charge in [0.05, 0.1) is 0 Å². The molecule has 1 unspecified atom stereocenters. The Hall–Kier alpha value is -0.820. The zero-order valence-electron chi connectivity index (χ0n) is 11.1. The minimum atomic E-state index is 0.514. The van der Waals surface area contributed by atoms with Gasteiger partial charge in [0.2, 0.25) is 0 Å². The highest BCUT2D eigenvalue weighted by atomic mass is 14.9. The minimum absolute atomic E-state index is 0.514. The van der Waals surface area contributed by atoms with E-state index in [1.165, 1.54) is 30.4 Å². The normalized spacial score (nSPS) is 13.1. The maximum atomic E-state index is 3.65. The van der Waals surface area contributed by atoms with E-state index >= 15 is 0 Å². The predicted molar refractivity (Wildman–Crippen MR) is 71.7 cm³/mol. The lowest BCUT2D eigenvalue weighted by atomic mass is 9.99. The van der Waals surface area contributed by atoms with Crippen molar-refractivity contribution in [3.63, 3.8) is 0 Å². The molecule has 1 N–H and O–H groups in total. The summed E-state index contributed by atoms with van der Waals surface area (Å²) in [6, 6.07) is 9.98. The van der Waals surface area contributed by atoms with Gasteiger partial charge in [0, 0.05) is 12.1 Å². The summed E-state index contributed by atoms with van der Waals surface area (Å²) >= 11 is 0. The van der Waals surface area contributed by atoms with Crippen LogP contribution in [0.4, 0.5) is 0 Å². The Labute approximate surface area is 100 Å². The number of nitrogens with one attached hydrogen (secondary N) is 1. The molecule has 0 bridgehead atoms. The van der Waals surface area contributed by atoms with Crippen molar-refractivity contribution in [1.82, 2.24) is 5.32 Å². The van der Waals surface area contributed by atoms with E-state index in [-0.39, 0.29) is 0 Å². The molecule has 16 heavy (non-hydrogen) atoms. The van der Waals surface area contributed by atoms with E-state index < -0.39 is 0 Å². The van der Waals surface area contributed by atoms with Crippen LogP contribution in [0.1, 0.15) is 57.2 Å². The molecule has 1 heteroatoms. The van der Waals surface area contributed by atoms with E-state index in [1.807, 2.05) is 0 Å². The van der Waals surface area contributed by atoms with Crippen LogP contribution in [0.2, 0.25) is 0 Å². The Kier molecular flexibility index (Phi) is 5.54. The second-order valence-electron chi connectivity index (χ2n) is 4.93. The van der Waals surface area contributed by atoms with E-state index in [0.29, 0.717) is 12.1 Å². The molecule has 90 valence electrons. The summed E-state index contributed by atoms with van der Waals surface area (Å²) in [4.78, 5) is 0. The number of rotatable bonds is 6. The van der Waals surface area contributed by atoms with Gasteiger partial charge < -0.3 is 5.32 Å². The summed E-state index contributed by atoms with van der Waals surface area (Å²) in [5.74, 6) is 0. The van der Waals surface area contributed by atoms with E-state index in [9.17, 15) is 0 Å². The molecule has 1 atom stereocenters. The Morgan fingerprint density at radius 3 is 2.25 bits per heavy atom. The Balaban J connectivity index is 2.70. The summed E-state index contributed by atoms with van der Waals surface area (Å²) in [5, 5.41) is 3.65. The van der Waals surface area contributed by atoms with Crippen molar-refractivity contribution >= 4 is 0 Å². The van der Waals surface area contributed by atoms with E-state index in [2.05, 4.69) is 57.3 Å². The van der Waals surface area contributed by atoms with Crippen molar-refractivity contribution in [1.29, 1.82) is 0 Å². The number of hydrogen-bond acceptors (Lipinski definition) is 1. The van der Waals surface area contributed by atoms with Crippen LogP contribution >= 0.6 is 0 Å². The third-order valence-corrected chi connectivity index (χ3v) is 2.86. The first-order valence-electron chi connectivity index (χ1n) is 6.46. The molecule has 0 aliphatic heterocycles. The fourth-order valence-electron chi connectivity index (χ4n) is 1.96. The fraction of sp³-hybridized carbons (Fsp3) is 0.600. The van der Waals surface area contributed by atoms with Gasteiger partial charge in [0.15, 0.2) is 0 Å². The highest BCUT2D eigenvalue weighted by Gasteiger charge is 2.11. The molecule has 0 radical (unpaired) electrons. The van der Waals surface area contributed by atoms with Crippen molar-refractivity contribution in [3.8, 4) is 0 Å². The van der Waals surface area contributed by atoms with Crippen molar-refractivity contribution in [2.24, 2.45) is 0 Å². The molecule has 0 heterocycles. The van der Waals surface area contributed by atoms with Gasteiger partial charge in [-0.3, -0.25) is 0 Å². The van der Waals surface area contributed by atoms with Crippen molar-refractivity contribution in [2.75, 3.05) is 0 Å². The average Bonchev–Trinajstić information content (AvgIpc) is 2.25.